The third-order valence-electron chi connectivity index (χ3n) is 4.90. The molecule has 10 heteroatoms. The zero-order valence-electron chi connectivity index (χ0n) is 18.9. The Balaban J connectivity index is 1.80. The first-order valence-electron chi connectivity index (χ1n) is 10.3. The Morgan fingerprint density at radius 1 is 1.00 bits per heavy atom. The van der Waals surface area contributed by atoms with Crippen LogP contribution in [0.2, 0.25) is 5.02 Å². The third kappa shape index (κ3) is 6.09. The summed E-state index contributed by atoms with van der Waals surface area (Å²) in [5, 5.41) is 8.65. The van der Waals surface area contributed by atoms with Crippen molar-refractivity contribution in [3.8, 4) is 5.75 Å². The molecule has 9 nitrogen and oxygen atoms in total. The number of ether oxygens (including phenoxy) is 1. The zero-order valence-corrected chi connectivity index (χ0v) is 19.6. The van der Waals surface area contributed by atoms with E-state index in [1.165, 1.54) is 30.3 Å². The molecule has 0 aliphatic heterocycles. The maximum Gasteiger partial charge on any atom is 0.259 e. The summed E-state index contributed by atoms with van der Waals surface area (Å²) in [5.41, 5.74) is 1.48. The van der Waals surface area contributed by atoms with Gasteiger partial charge in [-0.2, -0.15) is 0 Å². The second-order valence-electron chi connectivity index (χ2n) is 7.21. The second-order valence-corrected chi connectivity index (χ2v) is 7.65. The van der Waals surface area contributed by atoms with Crippen LogP contribution in [-0.4, -0.2) is 50.5 Å². The summed E-state index contributed by atoms with van der Waals surface area (Å²) in [4.78, 5) is 43.4. The van der Waals surface area contributed by atoms with E-state index in [1.54, 1.807) is 56.6 Å². The van der Waals surface area contributed by atoms with Crippen molar-refractivity contribution in [2.75, 3.05) is 43.3 Å². The highest BCUT2D eigenvalue weighted by molar-refractivity contribution is 6.30. The molecule has 176 valence electrons. The van der Waals surface area contributed by atoms with Crippen LogP contribution in [0.4, 0.5) is 17.2 Å². The van der Waals surface area contributed by atoms with E-state index in [0.717, 1.165) is 0 Å². The number of amides is 3. The summed E-state index contributed by atoms with van der Waals surface area (Å²) >= 11 is 5.96. The summed E-state index contributed by atoms with van der Waals surface area (Å²) in [7, 11) is 4.83. The van der Waals surface area contributed by atoms with E-state index in [1.807, 2.05) is 0 Å². The molecule has 1 aromatic heterocycles. The Bertz CT molecular complexity index is 1200. The lowest BCUT2D eigenvalue weighted by Gasteiger charge is -2.17. The first kappa shape index (κ1) is 24.7. The Morgan fingerprint density at radius 2 is 1.74 bits per heavy atom. The minimum Gasteiger partial charge on any atom is -0.497 e. The lowest BCUT2D eigenvalue weighted by Crippen LogP contribution is -2.34. The highest BCUT2D eigenvalue weighted by Gasteiger charge is 2.17. The number of nitrogens with one attached hydrogen (secondary N) is 3. The van der Waals surface area contributed by atoms with Gasteiger partial charge in [-0.15, -0.1) is 0 Å². The predicted octanol–water partition coefficient (Wildman–Crippen LogP) is 3.43. The normalized spacial score (nSPS) is 10.4. The molecule has 3 rings (SSSR count). The van der Waals surface area contributed by atoms with Gasteiger partial charge in [-0.05, 0) is 61.6 Å². The Labute approximate surface area is 202 Å². The number of rotatable bonds is 8. The van der Waals surface area contributed by atoms with Crippen molar-refractivity contribution in [1.29, 1.82) is 0 Å². The smallest absolute Gasteiger partial charge is 0.259 e. The molecule has 0 unspecified atom stereocenters. The molecule has 0 bridgehead atoms. The van der Waals surface area contributed by atoms with Crippen LogP contribution >= 0.6 is 11.6 Å². The molecule has 3 aromatic rings. The standard InChI is InChI=1S/C24H24ClN5O4/c1-26-14-22(31)30(2)17-6-4-15(5-7-17)23(32)28-20-9-8-18(34-3)13-19(20)24(33)29-21-12-16(25)10-11-27-21/h4-13,26H,14H2,1-3H3,(H,28,32)(H,27,29,33). The molecule has 3 N–H and O–H groups in total. The first-order valence-corrected chi connectivity index (χ1v) is 10.6. The van der Waals surface area contributed by atoms with Gasteiger partial charge in [-0.1, -0.05) is 11.6 Å². The third-order valence-corrected chi connectivity index (χ3v) is 5.14. The van der Waals surface area contributed by atoms with E-state index in [9.17, 15) is 14.4 Å². The quantitative estimate of drug-likeness (QED) is 0.454. The van der Waals surface area contributed by atoms with E-state index in [2.05, 4.69) is 20.9 Å². The lowest BCUT2D eigenvalue weighted by molar-refractivity contribution is -0.117. The van der Waals surface area contributed by atoms with Gasteiger partial charge < -0.3 is 25.6 Å². The fourth-order valence-electron chi connectivity index (χ4n) is 3.05. The topological polar surface area (TPSA) is 113 Å². The number of hydrogen-bond donors (Lipinski definition) is 3. The Morgan fingerprint density at radius 3 is 2.38 bits per heavy atom. The van der Waals surface area contributed by atoms with Gasteiger partial charge in [0.05, 0.1) is 24.9 Å². The van der Waals surface area contributed by atoms with Gasteiger partial charge in [0.25, 0.3) is 11.8 Å². The summed E-state index contributed by atoms with van der Waals surface area (Å²) in [6, 6.07) is 14.4. The van der Waals surface area contributed by atoms with E-state index in [0.29, 0.717) is 22.0 Å². The molecule has 0 saturated heterocycles. The van der Waals surface area contributed by atoms with Crippen LogP contribution in [0.15, 0.2) is 60.8 Å². The van der Waals surface area contributed by atoms with Crippen LogP contribution < -0.4 is 25.6 Å². The van der Waals surface area contributed by atoms with Crippen molar-refractivity contribution in [3.05, 3.63) is 76.9 Å². The number of aromatic nitrogens is 1. The fraction of sp³-hybridized carbons (Fsp3) is 0.167. The number of halogens is 1. The number of nitrogens with zero attached hydrogens (tertiary/aromatic N) is 2. The summed E-state index contributed by atoms with van der Waals surface area (Å²) in [6.07, 6.45) is 1.47. The average Bonchev–Trinajstić information content (AvgIpc) is 2.84. The van der Waals surface area contributed by atoms with Crippen LogP contribution in [-0.2, 0) is 4.79 Å². The van der Waals surface area contributed by atoms with Crippen molar-refractivity contribution < 1.29 is 19.1 Å². The van der Waals surface area contributed by atoms with Gasteiger partial charge >= 0.3 is 0 Å². The number of methoxy groups -OCH3 is 1. The van der Waals surface area contributed by atoms with Gasteiger partial charge in [0, 0.05) is 29.5 Å². The highest BCUT2D eigenvalue weighted by Crippen LogP contribution is 2.25. The molecule has 0 radical (unpaired) electrons. The molecule has 2 aromatic carbocycles. The van der Waals surface area contributed by atoms with Crippen molar-refractivity contribution >= 4 is 46.5 Å². The van der Waals surface area contributed by atoms with Crippen LogP contribution in [0.1, 0.15) is 20.7 Å². The molecule has 3 amide bonds. The average molecular weight is 482 g/mol. The van der Waals surface area contributed by atoms with Crippen molar-refractivity contribution in [2.45, 2.75) is 0 Å². The molecule has 0 fully saturated rings. The number of benzene rings is 2. The maximum absolute atomic E-state index is 12.9. The molecule has 1 heterocycles. The van der Waals surface area contributed by atoms with Crippen molar-refractivity contribution in [2.24, 2.45) is 0 Å². The Hall–Kier alpha value is -3.95. The summed E-state index contributed by atoms with van der Waals surface area (Å²) in [6.45, 7) is 0.200. The van der Waals surface area contributed by atoms with Crippen molar-refractivity contribution in [1.82, 2.24) is 10.3 Å². The Kier molecular flexibility index (Phi) is 8.18. The molecular formula is C24H24ClN5O4. The van der Waals surface area contributed by atoms with Gasteiger partial charge in [-0.3, -0.25) is 14.4 Å². The molecule has 0 atom stereocenters. The number of hydrogen-bond acceptors (Lipinski definition) is 6. The number of pyridine rings is 1. The minimum atomic E-state index is -0.496. The minimum absolute atomic E-state index is 0.109. The van der Waals surface area contributed by atoms with Gasteiger partial charge in [-0.25, -0.2) is 4.98 Å². The summed E-state index contributed by atoms with van der Waals surface area (Å²) < 4.78 is 5.23. The predicted molar refractivity (Wildman–Crippen MR) is 132 cm³/mol. The van der Waals surface area contributed by atoms with E-state index in [-0.39, 0.29) is 29.5 Å². The van der Waals surface area contributed by atoms with Crippen LogP contribution in [0.3, 0.4) is 0 Å². The summed E-state index contributed by atoms with van der Waals surface area (Å²) in [5.74, 6) is -0.312. The SMILES string of the molecule is CNCC(=O)N(C)c1ccc(C(=O)Nc2ccc(OC)cc2C(=O)Nc2cc(Cl)ccn2)cc1. The molecule has 0 aliphatic carbocycles. The van der Waals surface area contributed by atoms with Crippen LogP contribution in [0.25, 0.3) is 0 Å². The zero-order chi connectivity index (χ0) is 24.7. The monoisotopic (exact) mass is 481 g/mol. The molecule has 34 heavy (non-hydrogen) atoms. The van der Waals surface area contributed by atoms with Gasteiger partial charge in [0.2, 0.25) is 5.91 Å². The maximum atomic E-state index is 12.9. The second kappa shape index (κ2) is 11.3. The molecular weight excluding hydrogens is 458 g/mol. The van der Waals surface area contributed by atoms with Gasteiger partial charge in [0.15, 0.2) is 0 Å². The van der Waals surface area contributed by atoms with Crippen LogP contribution in [0.5, 0.6) is 5.75 Å². The van der Waals surface area contributed by atoms with Gasteiger partial charge in [0.1, 0.15) is 11.6 Å². The van der Waals surface area contributed by atoms with Crippen molar-refractivity contribution in [3.63, 3.8) is 0 Å². The van der Waals surface area contributed by atoms with E-state index < -0.39 is 11.8 Å². The highest BCUT2D eigenvalue weighted by atomic mass is 35.5. The largest absolute Gasteiger partial charge is 0.497 e. The number of carbonyl (C=O) groups excluding carboxylic acids is 3. The molecule has 0 spiro atoms. The first-order chi connectivity index (χ1) is 16.3. The molecule has 0 saturated carbocycles. The number of carbonyl (C=O) groups is 3. The van der Waals surface area contributed by atoms with Crippen LogP contribution in [0, 0.1) is 0 Å². The van der Waals surface area contributed by atoms with E-state index in [4.69, 9.17) is 16.3 Å². The fourth-order valence-corrected chi connectivity index (χ4v) is 3.21. The molecule has 0 aliphatic rings. The number of likely N-dealkylation sites (N-methyl/N-ethyl adjacent to an activating group) is 2. The van der Waals surface area contributed by atoms with E-state index >= 15 is 0 Å². The number of anilines is 3. The lowest BCUT2D eigenvalue weighted by atomic mass is 10.1.